The van der Waals surface area contributed by atoms with E-state index < -0.39 is 23.8 Å². The van der Waals surface area contributed by atoms with E-state index in [4.69, 9.17) is 34.3 Å². The van der Waals surface area contributed by atoms with Gasteiger partial charge in [0.2, 0.25) is 23.7 Å². The van der Waals surface area contributed by atoms with Crippen LogP contribution < -0.4 is 21.7 Å². The predicted molar refractivity (Wildman–Crippen MR) is 109 cm³/mol. The Labute approximate surface area is 174 Å². The molecule has 1 aromatic carbocycles. The van der Waals surface area contributed by atoms with Gasteiger partial charge >= 0.3 is 0 Å². The molecule has 0 fully saturated rings. The molecule has 0 aliphatic rings. The van der Waals surface area contributed by atoms with Crippen molar-refractivity contribution in [3.63, 3.8) is 0 Å². The van der Waals surface area contributed by atoms with E-state index in [-0.39, 0.29) is 31.2 Å². The molecule has 8 nitrogen and oxygen atoms in total. The zero-order chi connectivity index (χ0) is 21.3. The average Bonchev–Trinajstić information content (AvgIpc) is 2.60. The van der Waals surface area contributed by atoms with Crippen LogP contribution >= 0.6 is 23.2 Å². The third-order valence-corrected chi connectivity index (χ3v) is 4.54. The molecule has 0 aliphatic heterocycles. The Balaban J connectivity index is 2.32. The number of hydrogen-bond acceptors (Lipinski definition) is 5. The minimum absolute atomic E-state index is 0.0213. The molecule has 0 aromatic heterocycles. The third kappa shape index (κ3) is 8.24. The first kappa shape index (κ1) is 23.9. The number of halogens is 2. The summed E-state index contributed by atoms with van der Waals surface area (Å²) in [5.41, 5.74) is 6.15. The van der Waals surface area contributed by atoms with E-state index in [0.29, 0.717) is 22.0 Å². The molecule has 28 heavy (non-hydrogen) atoms. The lowest BCUT2D eigenvalue weighted by molar-refractivity contribution is -0.124. The van der Waals surface area contributed by atoms with Gasteiger partial charge in [-0.3, -0.25) is 30.4 Å². The normalized spacial score (nSPS) is 11.6. The quantitative estimate of drug-likeness (QED) is 0.243. The van der Waals surface area contributed by atoms with Gasteiger partial charge in [0.15, 0.2) is 0 Å². The molecule has 1 aromatic rings. The van der Waals surface area contributed by atoms with Gasteiger partial charge in [-0.15, -0.1) is 0 Å². The topological polar surface area (TPSA) is 137 Å². The van der Waals surface area contributed by atoms with E-state index in [1.807, 2.05) is 13.8 Å². The van der Waals surface area contributed by atoms with Gasteiger partial charge in [0.1, 0.15) is 0 Å². The summed E-state index contributed by atoms with van der Waals surface area (Å²) in [6.07, 6.45) is 0.323. The van der Waals surface area contributed by atoms with Gasteiger partial charge in [-0.1, -0.05) is 43.1 Å². The lowest BCUT2D eigenvalue weighted by Gasteiger charge is -2.15. The second-order valence-electron chi connectivity index (χ2n) is 6.51. The highest BCUT2D eigenvalue weighted by Crippen LogP contribution is 2.24. The largest absolute Gasteiger partial charge is 0.355 e. The second kappa shape index (κ2) is 11.6. The molecule has 154 valence electrons. The Kier molecular flexibility index (Phi) is 9.92. The Hall–Kier alpha value is -2.16. The van der Waals surface area contributed by atoms with Gasteiger partial charge < -0.3 is 11.1 Å². The van der Waals surface area contributed by atoms with E-state index >= 15 is 0 Å². The number of carbonyl (C=O) groups excluding carboxylic acids is 3. The molecule has 3 amide bonds. The van der Waals surface area contributed by atoms with Gasteiger partial charge in [0.25, 0.3) is 0 Å². The van der Waals surface area contributed by atoms with Crippen LogP contribution in [0.5, 0.6) is 0 Å². The summed E-state index contributed by atoms with van der Waals surface area (Å²) in [6, 6.07) is 4.28. The van der Waals surface area contributed by atoms with Crippen LogP contribution in [0, 0.1) is 11.3 Å². The van der Waals surface area contributed by atoms with Gasteiger partial charge in [-0.05, 0) is 30.0 Å². The van der Waals surface area contributed by atoms with E-state index in [2.05, 4.69) is 16.0 Å². The zero-order valence-electron chi connectivity index (χ0n) is 15.8. The summed E-state index contributed by atoms with van der Waals surface area (Å²) in [5, 5.41) is 15.5. The smallest absolute Gasteiger partial charge is 0.237 e. The highest BCUT2D eigenvalue weighted by molar-refractivity contribution is 6.36. The molecule has 6 N–H and O–H groups in total. The first-order chi connectivity index (χ1) is 13.1. The van der Waals surface area contributed by atoms with E-state index in [9.17, 15) is 14.4 Å². The fraction of sp³-hybridized carbons (Fsp3) is 0.444. The molecule has 0 spiro atoms. The van der Waals surface area contributed by atoms with Crippen LogP contribution in [0.2, 0.25) is 10.0 Å². The van der Waals surface area contributed by atoms with Gasteiger partial charge in [-0.2, -0.15) is 0 Å². The standard InChI is InChI=1S/C18H25Cl2N5O3/c1-10(2)16(21)17(28)23-8-4-7-14(26)24-18(22)25-15(27)9-11-12(19)5-3-6-13(11)20/h3,5-6,10,16H,4,7-9,21H2,1-2H3,(H,23,28)(H3,22,24,25,26,27)/t16-/m0/s1. The summed E-state index contributed by atoms with van der Waals surface area (Å²) in [6.45, 7) is 3.98. The number of benzene rings is 1. The van der Waals surface area contributed by atoms with Crippen molar-refractivity contribution in [2.45, 2.75) is 39.2 Å². The molecule has 0 radical (unpaired) electrons. The fourth-order valence-electron chi connectivity index (χ4n) is 2.16. The summed E-state index contributed by atoms with van der Waals surface area (Å²) in [7, 11) is 0. The summed E-state index contributed by atoms with van der Waals surface area (Å²) >= 11 is 12.0. The first-order valence-corrected chi connectivity index (χ1v) is 9.51. The number of nitrogens with one attached hydrogen (secondary N) is 4. The number of guanidine groups is 1. The third-order valence-electron chi connectivity index (χ3n) is 3.83. The van der Waals surface area contributed by atoms with Crippen molar-refractivity contribution in [1.82, 2.24) is 16.0 Å². The lowest BCUT2D eigenvalue weighted by Crippen LogP contribution is -2.45. The molecule has 1 atom stereocenters. The van der Waals surface area contributed by atoms with Crippen LogP contribution in [-0.2, 0) is 20.8 Å². The number of carbonyl (C=O) groups is 3. The molecular formula is C18H25Cl2N5O3. The summed E-state index contributed by atoms with van der Waals surface area (Å²) in [5.74, 6) is -1.68. The van der Waals surface area contributed by atoms with Gasteiger partial charge in [0.05, 0.1) is 12.5 Å². The van der Waals surface area contributed by atoms with Crippen LogP contribution in [0.3, 0.4) is 0 Å². The van der Waals surface area contributed by atoms with Crippen LogP contribution in [-0.4, -0.2) is 36.3 Å². The number of amides is 3. The van der Waals surface area contributed by atoms with Crippen LogP contribution in [0.15, 0.2) is 18.2 Å². The van der Waals surface area contributed by atoms with Crippen molar-refractivity contribution < 1.29 is 14.4 Å². The molecular weight excluding hydrogens is 405 g/mol. The Bertz CT molecular complexity index is 720. The average molecular weight is 430 g/mol. The fourth-order valence-corrected chi connectivity index (χ4v) is 2.69. The lowest BCUT2D eigenvalue weighted by atomic mass is 10.1. The van der Waals surface area contributed by atoms with Crippen molar-refractivity contribution in [3.8, 4) is 0 Å². The van der Waals surface area contributed by atoms with Gasteiger partial charge in [-0.25, -0.2) is 0 Å². The highest BCUT2D eigenvalue weighted by Gasteiger charge is 2.17. The molecule has 0 aliphatic carbocycles. The maximum absolute atomic E-state index is 12.0. The summed E-state index contributed by atoms with van der Waals surface area (Å²) < 4.78 is 0. The number of rotatable bonds is 8. The van der Waals surface area contributed by atoms with Crippen LogP contribution in [0.1, 0.15) is 32.3 Å². The highest BCUT2D eigenvalue weighted by atomic mass is 35.5. The first-order valence-electron chi connectivity index (χ1n) is 8.76. The maximum atomic E-state index is 12.0. The van der Waals surface area contributed by atoms with E-state index in [1.54, 1.807) is 18.2 Å². The van der Waals surface area contributed by atoms with Crippen molar-refractivity contribution in [1.29, 1.82) is 5.41 Å². The van der Waals surface area contributed by atoms with Crippen molar-refractivity contribution in [2.75, 3.05) is 6.54 Å². The molecule has 0 saturated heterocycles. The molecule has 0 bridgehead atoms. The molecule has 0 heterocycles. The minimum atomic E-state index is -0.594. The Morgan fingerprint density at radius 1 is 1.11 bits per heavy atom. The molecule has 1 rings (SSSR count). The van der Waals surface area contributed by atoms with Crippen molar-refractivity contribution in [3.05, 3.63) is 33.8 Å². The molecule has 0 unspecified atom stereocenters. The monoisotopic (exact) mass is 429 g/mol. The molecule has 10 heteroatoms. The van der Waals surface area contributed by atoms with Crippen molar-refractivity contribution in [2.24, 2.45) is 11.7 Å². The Morgan fingerprint density at radius 2 is 1.68 bits per heavy atom. The minimum Gasteiger partial charge on any atom is -0.355 e. The molecule has 0 saturated carbocycles. The zero-order valence-corrected chi connectivity index (χ0v) is 17.3. The van der Waals surface area contributed by atoms with Crippen LogP contribution in [0.25, 0.3) is 0 Å². The van der Waals surface area contributed by atoms with Gasteiger partial charge in [0, 0.05) is 23.0 Å². The predicted octanol–water partition coefficient (Wildman–Crippen LogP) is 1.58. The van der Waals surface area contributed by atoms with Crippen LogP contribution in [0.4, 0.5) is 0 Å². The maximum Gasteiger partial charge on any atom is 0.237 e. The summed E-state index contributed by atoms with van der Waals surface area (Å²) in [4.78, 5) is 35.5. The SMILES string of the molecule is CC(C)[C@H](N)C(=O)NCCCC(=O)NC(=N)NC(=O)Cc1c(Cl)cccc1Cl. The second-order valence-corrected chi connectivity index (χ2v) is 7.33. The van der Waals surface area contributed by atoms with E-state index in [1.165, 1.54) is 0 Å². The van der Waals surface area contributed by atoms with E-state index in [0.717, 1.165) is 0 Å². The Morgan fingerprint density at radius 3 is 2.25 bits per heavy atom. The van der Waals surface area contributed by atoms with Crippen molar-refractivity contribution >= 4 is 46.9 Å². The number of hydrogen-bond donors (Lipinski definition) is 5. The number of nitrogens with two attached hydrogens (primary N) is 1.